The Morgan fingerprint density at radius 1 is 1.50 bits per heavy atom. The zero-order valence-corrected chi connectivity index (χ0v) is 9.23. The van der Waals surface area contributed by atoms with Gasteiger partial charge in [-0.1, -0.05) is 0 Å². The second-order valence-corrected chi connectivity index (χ2v) is 3.33. The number of carbonyl (C=O) groups is 1. The minimum atomic E-state index is -4.73. The lowest BCUT2D eigenvalue weighted by atomic mass is 10.3. The van der Waals surface area contributed by atoms with Crippen LogP contribution in [0.25, 0.3) is 5.65 Å². The highest BCUT2D eigenvalue weighted by atomic mass is 19.4. The molecule has 2 rings (SSSR count). The van der Waals surface area contributed by atoms with Crippen molar-refractivity contribution in [3.8, 4) is 0 Å². The molecular formula is C10H8F3N3O2. The molecule has 96 valence electrons. The van der Waals surface area contributed by atoms with Gasteiger partial charge in [-0.15, -0.1) is 0 Å². The first-order valence-corrected chi connectivity index (χ1v) is 5.01. The van der Waals surface area contributed by atoms with E-state index >= 15 is 0 Å². The van der Waals surface area contributed by atoms with Crippen molar-refractivity contribution in [3.63, 3.8) is 0 Å². The minimum Gasteiger partial charge on any atom is -0.461 e. The van der Waals surface area contributed by atoms with E-state index < -0.39 is 23.5 Å². The number of nitrogens with zero attached hydrogens (tertiary/aromatic N) is 3. The van der Waals surface area contributed by atoms with Gasteiger partial charge in [-0.25, -0.2) is 9.78 Å². The van der Waals surface area contributed by atoms with E-state index in [0.29, 0.717) is 0 Å². The molecule has 0 saturated carbocycles. The van der Waals surface area contributed by atoms with Crippen molar-refractivity contribution in [1.82, 2.24) is 14.4 Å². The lowest BCUT2D eigenvalue weighted by Gasteiger charge is -2.06. The van der Waals surface area contributed by atoms with Crippen molar-refractivity contribution in [1.29, 1.82) is 0 Å². The maximum atomic E-state index is 12.8. The molecule has 2 aromatic rings. The van der Waals surface area contributed by atoms with Gasteiger partial charge in [0.2, 0.25) is 0 Å². The van der Waals surface area contributed by atoms with E-state index in [1.807, 2.05) is 0 Å². The molecule has 0 N–H and O–H groups in total. The molecule has 0 spiro atoms. The Labute approximate surface area is 99.2 Å². The molecule has 2 heterocycles. The van der Waals surface area contributed by atoms with Gasteiger partial charge in [0.25, 0.3) is 0 Å². The van der Waals surface area contributed by atoms with Gasteiger partial charge in [-0.3, -0.25) is 9.38 Å². The zero-order chi connectivity index (χ0) is 13.3. The second kappa shape index (κ2) is 4.28. The van der Waals surface area contributed by atoms with Crippen LogP contribution in [0.15, 0.2) is 18.6 Å². The summed E-state index contributed by atoms with van der Waals surface area (Å²) in [4.78, 5) is 18.6. The molecular weight excluding hydrogens is 251 g/mol. The lowest BCUT2D eigenvalue weighted by molar-refractivity contribution is -0.141. The number of imidazole rings is 1. The Morgan fingerprint density at radius 3 is 2.83 bits per heavy atom. The largest absolute Gasteiger partial charge is 0.461 e. The number of fused-ring (bicyclic) bond motifs is 1. The highest BCUT2D eigenvalue weighted by Crippen LogP contribution is 2.32. The van der Waals surface area contributed by atoms with E-state index in [-0.39, 0.29) is 12.3 Å². The molecule has 0 amide bonds. The minimum absolute atomic E-state index is 0.0194. The highest BCUT2D eigenvalue weighted by molar-refractivity contribution is 5.90. The first-order chi connectivity index (χ1) is 8.45. The van der Waals surface area contributed by atoms with E-state index in [1.165, 1.54) is 19.3 Å². The summed E-state index contributed by atoms with van der Waals surface area (Å²) in [5, 5.41) is 0. The third kappa shape index (κ3) is 2.01. The fourth-order valence-electron chi connectivity index (χ4n) is 1.50. The van der Waals surface area contributed by atoms with Gasteiger partial charge >= 0.3 is 12.1 Å². The smallest absolute Gasteiger partial charge is 0.435 e. The van der Waals surface area contributed by atoms with Gasteiger partial charge in [-0.2, -0.15) is 13.2 Å². The van der Waals surface area contributed by atoms with Crippen LogP contribution in [0.2, 0.25) is 0 Å². The summed E-state index contributed by atoms with van der Waals surface area (Å²) < 4.78 is 44.0. The topological polar surface area (TPSA) is 56.5 Å². The third-order valence-electron chi connectivity index (χ3n) is 2.17. The number of esters is 1. The van der Waals surface area contributed by atoms with Gasteiger partial charge < -0.3 is 4.74 Å². The molecule has 0 fully saturated rings. The van der Waals surface area contributed by atoms with E-state index in [4.69, 9.17) is 0 Å². The standard InChI is InChI=1S/C10H8F3N3O2/c1-2-18-9(17)7-8(10(11,12)13)15-6-5-14-3-4-16(6)7/h3-5H,2H2,1H3. The number of carbonyl (C=O) groups excluding carboxylic acids is 1. The summed E-state index contributed by atoms with van der Waals surface area (Å²) in [5.74, 6) is -1.07. The molecule has 2 aromatic heterocycles. The quantitative estimate of drug-likeness (QED) is 0.773. The molecule has 0 saturated heterocycles. The summed E-state index contributed by atoms with van der Waals surface area (Å²) >= 11 is 0. The van der Waals surface area contributed by atoms with Crippen LogP contribution in [0.1, 0.15) is 23.1 Å². The average Bonchev–Trinajstić information content (AvgIpc) is 2.68. The molecule has 0 radical (unpaired) electrons. The highest BCUT2D eigenvalue weighted by Gasteiger charge is 2.40. The van der Waals surface area contributed by atoms with Gasteiger partial charge in [0.1, 0.15) is 0 Å². The first kappa shape index (κ1) is 12.3. The van der Waals surface area contributed by atoms with Crippen LogP contribution in [0.3, 0.4) is 0 Å². The van der Waals surface area contributed by atoms with Crippen LogP contribution < -0.4 is 0 Å². The van der Waals surface area contributed by atoms with E-state index in [9.17, 15) is 18.0 Å². The van der Waals surface area contributed by atoms with Crippen LogP contribution in [-0.4, -0.2) is 26.9 Å². The molecule has 0 aliphatic heterocycles. The van der Waals surface area contributed by atoms with E-state index in [2.05, 4.69) is 14.7 Å². The number of aromatic nitrogens is 3. The van der Waals surface area contributed by atoms with Crippen LogP contribution in [0.4, 0.5) is 13.2 Å². The maximum Gasteiger partial charge on any atom is 0.435 e. The zero-order valence-electron chi connectivity index (χ0n) is 9.23. The summed E-state index contributed by atoms with van der Waals surface area (Å²) in [6.07, 6.45) is -1.10. The molecule has 5 nitrogen and oxygen atoms in total. The molecule has 0 unspecified atom stereocenters. The number of rotatable bonds is 2. The van der Waals surface area contributed by atoms with E-state index in [1.54, 1.807) is 0 Å². The van der Waals surface area contributed by atoms with Crippen LogP contribution in [0, 0.1) is 0 Å². The monoisotopic (exact) mass is 259 g/mol. The Hall–Kier alpha value is -2.12. The molecule has 0 aromatic carbocycles. The van der Waals surface area contributed by atoms with Crippen LogP contribution in [0.5, 0.6) is 0 Å². The molecule has 8 heteroatoms. The first-order valence-electron chi connectivity index (χ1n) is 5.01. The van der Waals surface area contributed by atoms with Gasteiger partial charge in [0.15, 0.2) is 17.0 Å². The second-order valence-electron chi connectivity index (χ2n) is 3.33. The molecule has 18 heavy (non-hydrogen) atoms. The third-order valence-corrected chi connectivity index (χ3v) is 2.17. The molecule has 0 aliphatic rings. The Morgan fingerprint density at radius 2 is 2.22 bits per heavy atom. The van der Waals surface area contributed by atoms with Crippen molar-refractivity contribution in [3.05, 3.63) is 30.0 Å². The number of ether oxygens (including phenoxy) is 1. The van der Waals surface area contributed by atoms with Gasteiger partial charge in [0.05, 0.1) is 12.8 Å². The van der Waals surface area contributed by atoms with Crippen molar-refractivity contribution < 1.29 is 22.7 Å². The van der Waals surface area contributed by atoms with Gasteiger partial charge in [-0.05, 0) is 6.92 Å². The summed E-state index contributed by atoms with van der Waals surface area (Å²) in [5.41, 5.74) is -1.97. The van der Waals surface area contributed by atoms with Gasteiger partial charge in [0, 0.05) is 12.4 Å². The van der Waals surface area contributed by atoms with Crippen molar-refractivity contribution in [2.45, 2.75) is 13.1 Å². The van der Waals surface area contributed by atoms with Crippen molar-refractivity contribution >= 4 is 11.6 Å². The normalized spacial score (nSPS) is 11.8. The maximum absolute atomic E-state index is 12.8. The SMILES string of the molecule is CCOC(=O)c1c(C(F)(F)F)nc2cnccn12. The summed E-state index contributed by atoms with van der Waals surface area (Å²) in [6, 6.07) is 0. The molecule has 0 bridgehead atoms. The molecule has 0 atom stereocenters. The van der Waals surface area contributed by atoms with Crippen LogP contribution >= 0.6 is 0 Å². The number of hydrogen-bond acceptors (Lipinski definition) is 4. The lowest BCUT2D eigenvalue weighted by Crippen LogP contribution is -2.16. The number of halogens is 3. The average molecular weight is 259 g/mol. The Kier molecular flexibility index (Phi) is 2.93. The Balaban J connectivity index is 2.69. The van der Waals surface area contributed by atoms with Crippen molar-refractivity contribution in [2.75, 3.05) is 6.61 Å². The predicted octanol–water partition coefficient (Wildman–Crippen LogP) is 1.92. The van der Waals surface area contributed by atoms with Crippen molar-refractivity contribution in [2.24, 2.45) is 0 Å². The molecule has 0 aliphatic carbocycles. The Bertz CT molecular complexity index is 592. The predicted molar refractivity (Wildman–Crippen MR) is 53.9 cm³/mol. The summed E-state index contributed by atoms with van der Waals surface area (Å²) in [6.45, 7) is 1.49. The van der Waals surface area contributed by atoms with E-state index in [0.717, 1.165) is 10.6 Å². The fraction of sp³-hybridized carbons (Fsp3) is 0.300. The fourth-order valence-corrected chi connectivity index (χ4v) is 1.50. The number of hydrogen-bond donors (Lipinski definition) is 0. The van der Waals surface area contributed by atoms with Crippen LogP contribution in [-0.2, 0) is 10.9 Å². The summed E-state index contributed by atoms with van der Waals surface area (Å²) in [7, 11) is 0. The number of alkyl halides is 3.